The van der Waals surface area contributed by atoms with Gasteiger partial charge >= 0.3 is 5.97 Å². The van der Waals surface area contributed by atoms with Gasteiger partial charge in [0, 0.05) is 0 Å². The monoisotopic (exact) mass is 245 g/mol. The molecule has 0 heterocycles. The second kappa shape index (κ2) is 3.82. The largest absolute Gasteiger partial charge is 0.374 e. The van der Waals surface area contributed by atoms with Crippen molar-refractivity contribution in [3.63, 3.8) is 0 Å². The Morgan fingerprint density at radius 3 is 1.25 bits per heavy atom. The Morgan fingerprint density at radius 1 is 0.750 bits per heavy atom. The molecule has 0 bridgehead atoms. The van der Waals surface area contributed by atoms with E-state index in [1.54, 1.807) is 0 Å². The summed E-state index contributed by atoms with van der Waals surface area (Å²) in [7, 11) is 0. The first-order valence-electron chi connectivity index (χ1n) is 3.74. The van der Waals surface area contributed by atoms with Crippen molar-refractivity contribution in [1.82, 2.24) is 0 Å². The third kappa shape index (κ3) is 2.46. The zero-order valence-corrected chi connectivity index (χ0v) is 7.97. The fraction of sp³-hybridized carbons (Fsp3) is 0.833. The van der Waals surface area contributed by atoms with Crippen LogP contribution in [0.2, 0.25) is 0 Å². The Balaban J connectivity index is 5.37. The smallest absolute Gasteiger partial charge is 0.315 e. The summed E-state index contributed by atoms with van der Waals surface area (Å²) in [6.45, 7) is 0.287. The van der Waals surface area contributed by atoms with Crippen molar-refractivity contribution in [2.24, 2.45) is 0 Å². The predicted molar refractivity (Wildman–Crippen MR) is 41.7 cm³/mol. The molecule has 0 aliphatic carbocycles. The lowest BCUT2D eigenvalue weighted by Gasteiger charge is -2.43. The molecule has 0 amide bonds. The van der Waals surface area contributed by atoms with Crippen molar-refractivity contribution in [3.05, 3.63) is 6.10 Å². The van der Waals surface area contributed by atoms with Gasteiger partial charge < -0.3 is 51.1 Å². The SMILES string of the molecule is CC(O)(O)C(O)(O)C(O)(O)[C](O)C(O)(O)O. The van der Waals surface area contributed by atoms with Gasteiger partial charge in [0.1, 0.15) is 0 Å². The highest BCUT2D eigenvalue weighted by molar-refractivity contribution is 5.07. The van der Waals surface area contributed by atoms with E-state index < -0.39 is 29.4 Å². The van der Waals surface area contributed by atoms with Crippen LogP contribution in [0.4, 0.5) is 0 Å². The van der Waals surface area contributed by atoms with Gasteiger partial charge in [0.2, 0.25) is 11.9 Å². The summed E-state index contributed by atoms with van der Waals surface area (Å²) < 4.78 is 0. The first kappa shape index (κ1) is 15.6. The van der Waals surface area contributed by atoms with Gasteiger partial charge in [-0.05, 0) is 6.92 Å². The summed E-state index contributed by atoms with van der Waals surface area (Å²) in [4.78, 5) is 0. The number of aliphatic hydroxyl groups is 10. The lowest BCUT2D eigenvalue weighted by Crippen LogP contribution is -2.72. The van der Waals surface area contributed by atoms with Crippen LogP contribution in [-0.4, -0.2) is 74.4 Å². The van der Waals surface area contributed by atoms with Crippen LogP contribution in [0.5, 0.6) is 0 Å². The van der Waals surface area contributed by atoms with E-state index in [1.165, 1.54) is 0 Å². The van der Waals surface area contributed by atoms with Crippen LogP contribution in [0.3, 0.4) is 0 Å². The fourth-order valence-corrected chi connectivity index (χ4v) is 0.729. The predicted octanol–water partition coefficient (Wildman–Crippen LogP) is -5.42. The number of rotatable bonds is 4. The third-order valence-electron chi connectivity index (χ3n) is 1.79. The molecule has 0 aliphatic rings. The summed E-state index contributed by atoms with van der Waals surface area (Å²) in [6, 6.07) is 0. The summed E-state index contributed by atoms with van der Waals surface area (Å²) in [5.74, 6) is -16.4. The molecule has 10 nitrogen and oxygen atoms in total. The van der Waals surface area contributed by atoms with Crippen molar-refractivity contribution >= 4 is 0 Å². The van der Waals surface area contributed by atoms with Crippen LogP contribution >= 0.6 is 0 Å². The third-order valence-corrected chi connectivity index (χ3v) is 1.79. The maximum atomic E-state index is 8.95. The lowest BCUT2D eigenvalue weighted by atomic mass is 9.91. The van der Waals surface area contributed by atoms with Gasteiger partial charge in [-0.15, -0.1) is 0 Å². The average molecular weight is 245 g/mol. The van der Waals surface area contributed by atoms with E-state index in [-0.39, 0.29) is 6.92 Å². The van der Waals surface area contributed by atoms with Crippen LogP contribution in [0.1, 0.15) is 6.92 Å². The zero-order valence-electron chi connectivity index (χ0n) is 7.97. The Morgan fingerprint density at radius 2 is 1.06 bits per heavy atom. The van der Waals surface area contributed by atoms with Gasteiger partial charge in [0.15, 0.2) is 0 Å². The fourth-order valence-electron chi connectivity index (χ4n) is 0.729. The number of aliphatic hydroxyl groups excluding tert-OH is 1. The molecule has 16 heavy (non-hydrogen) atoms. The van der Waals surface area contributed by atoms with Crippen LogP contribution in [0, 0.1) is 6.10 Å². The molecule has 0 rings (SSSR count). The first-order valence-corrected chi connectivity index (χ1v) is 3.74. The van der Waals surface area contributed by atoms with Crippen LogP contribution < -0.4 is 0 Å². The molecule has 0 saturated carbocycles. The Kier molecular flexibility index (Phi) is 3.72. The van der Waals surface area contributed by atoms with Gasteiger partial charge in [0.25, 0.3) is 11.6 Å². The minimum atomic E-state index is -4.34. The van der Waals surface area contributed by atoms with Crippen LogP contribution in [-0.2, 0) is 0 Å². The average Bonchev–Trinajstić information content (AvgIpc) is 1.98. The standard InChI is InChI=1S/C6H13O10/c1-3(8,9)6(15,16)4(10,11)2(7)5(12,13)14/h7-16H,1H3. The van der Waals surface area contributed by atoms with Gasteiger partial charge in [-0.25, -0.2) is 0 Å². The van der Waals surface area contributed by atoms with Crippen molar-refractivity contribution in [1.29, 1.82) is 0 Å². The van der Waals surface area contributed by atoms with Crippen molar-refractivity contribution in [2.45, 2.75) is 30.3 Å². The zero-order chi connectivity index (χ0) is 13.6. The molecule has 0 fully saturated rings. The summed E-state index contributed by atoms with van der Waals surface area (Å²) in [5, 5.41) is 87.2. The molecule has 0 spiro atoms. The maximum Gasteiger partial charge on any atom is 0.315 e. The summed E-state index contributed by atoms with van der Waals surface area (Å²) in [5.41, 5.74) is 0. The quantitative estimate of drug-likeness (QED) is 0.213. The molecule has 1 radical (unpaired) electrons. The second-order valence-electron chi connectivity index (χ2n) is 3.35. The molecule has 97 valence electrons. The van der Waals surface area contributed by atoms with E-state index in [1.807, 2.05) is 0 Å². The topological polar surface area (TPSA) is 202 Å². The molecule has 0 unspecified atom stereocenters. The highest BCUT2D eigenvalue weighted by Gasteiger charge is 2.67. The minimum absolute atomic E-state index is 0.287. The highest BCUT2D eigenvalue weighted by Crippen LogP contribution is 2.36. The Labute approximate surface area is 88.5 Å². The molecule has 0 atom stereocenters. The Hall–Kier alpha value is -0.400. The second-order valence-corrected chi connectivity index (χ2v) is 3.35. The molecule has 10 N–H and O–H groups in total. The van der Waals surface area contributed by atoms with Crippen molar-refractivity contribution in [2.75, 3.05) is 0 Å². The molecule has 0 aromatic rings. The van der Waals surface area contributed by atoms with E-state index >= 15 is 0 Å². The maximum absolute atomic E-state index is 8.95. The summed E-state index contributed by atoms with van der Waals surface area (Å²) >= 11 is 0. The minimum Gasteiger partial charge on any atom is -0.374 e. The lowest BCUT2D eigenvalue weighted by molar-refractivity contribution is -0.470. The summed E-state index contributed by atoms with van der Waals surface area (Å²) in [6.07, 6.45) is -2.45. The van der Waals surface area contributed by atoms with Crippen LogP contribution in [0.25, 0.3) is 0 Å². The van der Waals surface area contributed by atoms with E-state index in [0.717, 1.165) is 0 Å². The van der Waals surface area contributed by atoms with E-state index in [0.29, 0.717) is 0 Å². The highest BCUT2D eigenvalue weighted by atomic mass is 16.7. The first-order chi connectivity index (χ1) is 6.65. The van der Waals surface area contributed by atoms with Crippen molar-refractivity contribution < 1.29 is 51.1 Å². The van der Waals surface area contributed by atoms with Gasteiger partial charge in [-0.2, -0.15) is 0 Å². The molecule has 0 saturated heterocycles. The Bertz CT molecular complexity index is 245. The molecule has 0 aromatic carbocycles. The molecule has 0 aromatic heterocycles. The van der Waals surface area contributed by atoms with E-state index in [4.69, 9.17) is 51.1 Å². The van der Waals surface area contributed by atoms with Gasteiger partial charge in [-0.3, -0.25) is 0 Å². The van der Waals surface area contributed by atoms with Crippen LogP contribution in [0.15, 0.2) is 0 Å². The number of hydrogen-bond donors (Lipinski definition) is 10. The normalized spacial score (nSPS) is 15.8. The molecule has 10 heteroatoms. The van der Waals surface area contributed by atoms with E-state index in [9.17, 15) is 0 Å². The molecular formula is C6H13O10. The van der Waals surface area contributed by atoms with Crippen molar-refractivity contribution in [3.8, 4) is 0 Å². The molecular weight excluding hydrogens is 232 g/mol. The molecule has 0 aliphatic heterocycles. The van der Waals surface area contributed by atoms with Gasteiger partial charge in [-0.1, -0.05) is 0 Å². The van der Waals surface area contributed by atoms with E-state index in [2.05, 4.69) is 0 Å². The number of hydrogen-bond acceptors (Lipinski definition) is 10. The van der Waals surface area contributed by atoms with Gasteiger partial charge in [0.05, 0.1) is 0 Å².